The molecule has 0 spiro atoms. The first-order valence-electron chi connectivity index (χ1n) is 12.0. The zero-order valence-electron chi connectivity index (χ0n) is 21.2. The van der Waals surface area contributed by atoms with Gasteiger partial charge in [0.1, 0.15) is 17.6 Å². The number of carbonyl (C=O) groups is 2. The van der Waals surface area contributed by atoms with Gasteiger partial charge in [0.05, 0.1) is 31.2 Å². The van der Waals surface area contributed by atoms with Gasteiger partial charge in [0, 0.05) is 18.1 Å². The van der Waals surface area contributed by atoms with Crippen molar-refractivity contribution in [1.82, 2.24) is 5.32 Å². The molecule has 0 aromatic heterocycles. The lowest BCUT2D eigenvalue weighted by molar-refractivity contribution is -0.126. The molecule has 0 radical (unpaired) electrons. The molecule has 2 aliphatic rings. The maximum Gasteiger partial charge on any atom is 0.337 e. The first-order valence-corrected chi connectivity index (χ1v) is 12.0. The van der Waals surface area contributed by atoms with Gasteiger partial charge in [0.25, 0.3) is 0 Å². The summed E-state index contributed by atoms with van der Waals surface area (Å²) in [6.45, 7) is 3.95. The minimum absolute atomic E-state index is 0.125. The summed E-state index contributed by atoms with van der Waals surface area (Å²) in [5.74, 6) is 2.08. The quantitative estimate of drug-likeness (QED) is 0.480. The summed E-state index contributed by atoms with van der Waals surface area (Å²) in [6.07, 6.45) is 0.171. The molecular weight excluding hydrogens is 474 g/mol. The lowest BCUT2D eigenvalue weighted by Gasteiger charge is -2.35. The summed E-state index contributed by atoms with van der Waals surface area (Å²) in [4.78, 5) is 25.5. The van der Waals surface area contributed by atoms with Gasteiger partial charge in [-0.3, -0.25) is 4.79 Å². The fraction of sp³-hybridized carbons (Fsp3) is 0.310. The molecule has 0 saturated carbocycles. The fourth-order valence-corrected chi connectivity index (χ4v) is 4.62. The van der Waals surface area contributed by atoms with Crippen LogP contribution >= 0.6 is 0 Å². The summed E-state index contributed by atoms with van der Waals surface area (Å²) in [5, 5.41) is 3.25. The topological polar surface area (TPSA) is 92.3 Å². The van der Waals surface area contributed by atoms with Gasteiger partial charge in [-0.25, -0.2) is 4.79 Å². The number of rotatable bonds is 6. The molecule has 0 aliphatic carbocycles. The standard InChI is InChI=1S/C29H29NO7/c1-29(2,19-9-12-23-26(13-19)36-16-35-23)28(32)30-22-15-24(17-5-7-18(8-6-17)27(31)34-4)37-25-14-20(33-3)10-11-21(22)25/h5-14,22,24H,15-16H2,1-4H3,(H,30,32)/t22-,24-/m1/s1. The molecule has 1 N–H and O–H groups in total. The summed E-state index contributed by atoms with van der Waals surface area (Å²) in [5.41, 5.74) is 2.21. The Balaban J connectivity index is 1.42. The molecule has 8 heteroatoms. The highest BCUT2D eigenvalue weighted by Gasteiger charge is 2.36. The van der Waals surface area contributed by atoms with Crippen LogP contribution in [0.15, 0.2) is 60.7 Å². The number of carbonyl (C=O) groups excluding carboxylic acids is 2. The van der Waals surface area contributed by atoms with E-state index in [4.69, 9.17) is 23.7 Å². The molecule has 8 nitrogen and oxygen atoms in total. The molecule has 5 rings (SSSR count). The lowest BCUT2D eigenvalue weighted by atomic mass is 9.82. The Morgan fingerprint density at radius 2 is 1.68 bits per heavy atom. The third-order valence-electron chi connectivity index (χ3n) is 6.99. The maximum absolute atomic E-state index is 13.7. The van der Waals surface area contributed by atoms with Crippen LogP contribution in [0, 0.1) is 0 Å². The van der Waals surface area contributed by atoms with Crippen LogP contribution in [-0.4, -0.2) is 32.9 Å². The number of hydrogen-bond acceptors (Lipinski definition) is 7. The minimum atomic E-state index is -0.830. The maximum atomic E-state index is 13.7. The molecule has 3 aromatic carbocycles. The first kappa shape index (κ1) is 24.5. The van der Waals surface area contributed by atoms with E-state index in [0.29, 0.717) is 35.0 Å². The predicted molar refractivity (Wildman–Crippen MR) is 135 cm³/mol. The van der Waals surface area contributed by atoms with E-state index >= 15 is 0 Å². The van der Waals surface area contributed by atoms with Crippen molar-refractivity contribution >= 4 is 11.9 Å². The summed E-state index contributed by atoms with van der Waals surface area (Å²) >= 11 is 0. The predicted octanol–water partition coefficient (Wildman–Crippen LogP) is 4.87. The van der Waals surface area contributed by atoms with Gasteiger partial charge in [-0.05, 0) is 61.4 Å². The zero-order chi connectivity index (χ0) is 26.2. The van der Waals surface area contributed by atoms with Crippen LogP contribution in [0.3, 0.4) is 0 Å². The molecule has 1 amide bonds. The Morgan fingerprint density at radius 1 is 0.919 bits per heavy atom. The number of benzene rings is 3. The van der Waals surface area contributed by atoms with Gasteiger partial charge < -0.3 is 29.0 Å². The van der Waals surface area contributed by atoms with E-state index in [9.17, 15) is 9.59 Å². The van der Waals surface area contributed by atoms with Crippen molar-refractivity contribution in [3.63, 3.8) is 0 Å². The van der Waals surface area contributed by atoms with Crippen molar-refractivity contribution in [3.8, 4) is 23.0 Å². The number of methoxy groups -OCH3 is 2. The van der Waals surface area contributed by atoms with Gasteiger partial charge in [-0.1, -0.05) is 18.2 Å². The lowest BCUT2D eigenvalue weighted by Crippen LogP contribution is -2.43. The largest absolute Gasteiger partial charge is 0.497 e. The SMILES string of the molecule is COC(=O)c1ccc([C@H]2C[C@@H](NC(=O)C(C)(C)c3ccc4c(c3)OCO4)c3ccc(OC)cc3O2)cc1. The average Bonchev–Trinajstić information content (AvgIpc) is 3.40. The van der Waals surface area contributed by atoms with E-state index in [-0.39, 0.29) is 24.8 Å². The van der Waals surface area contributed by atoms with Crippen LogP contribution in [0.1, 0.15) is 59.5 Å². The van der Waals surface area contributed by atoms with Crippen LogP contribution in [-0.2, 0) is 14.9 Å². The van der Waals surface area contributed by atoms with Gasteiger partial charge in [-0.15, -0.1) is 0 Å². The molecule has 0 unspecified atom stereocenters. The molecule has 2 aliphatic heterocycles. The van der Waals surface area contributed by atoms with E-state index < -0.39 is 11.4 Å². The van der Waals surface area contributed by atoms with E-state index in [1.807, 2.05) is 62.4 Å². The molecule has 0 saturated heterocycles. The van der Waals surface area contributed by atoms with Crippen molar-refractivity contribution in [2.24, 2.45) is 0 Å². The third kappa shape index (κ3) is 4.67. The van der Waals surface area contributed by atoms with Crippen LogP contribution in [0.2, 0.25) is 0 Å². The smallest absolute Gasteiger partial charge is 0.337 e. The minimum Gasteiger partial charge on any atom is -0.497 e. The molecule has 3 aromatic rings. The molecule has 0 fully saturated rings. The normalized spacial score (nSPS) is 17.8. The Morgan fingerprint density at radius 3 is 2.41 bits per heavy atom. The van der Waals surface area contributed by atoms with Crippen molar-refractivity contribution < 1.29 is 33.3 Å². The molecule has 2 atom stereocenters. The van der Waals surface area contributed by atoms with E-state index in [0.717, 1.165) is 16.7 Å². The monoisotopic (exact) mass is 503 g/mol. The Bertz CT molecular complexity index is 1330. The fourth-order valence-electron chi connectivity index (χ4n) is 4.62. The Kier molecular flexibility index (Phi) is 6.41. The Hall–Kier alpha value is -4.20. The summed E-state index contributed by atoms with van der Waals surface area (Å²) in [7, 11) is 2.95. The van der Waals surface area contributed by atoms with Crippen molar-refractivity contribution in [2.75, 3.05) is 21.0 Å². The second-order valence-electron chi connectivity index (χ2n) is 9.58. The molecule has 0 bridgehead atoms. The van der Waals surface area contributed by atoms with Crippen molar-refractivity contribution in [3.05, 3.63) is 82.9 Å². The van der Waals surface area contributed by atoms with Gasteiger partial charge in [-0.2, -0.15) is 0 Å². The number of amides is 1. The van der Waals surface area contributed by atoms with Crippen molar-refractivity contribution in [1.29, 1.82) is 0 Å². The summed E-state index contributed by atoms with van der Waals surface area (Å²) in [6, 6.07) is 18.0. The number of ether oxygens (including phenoxy) is 5. The number of esters is 1. The van der Waals surface area contributed by atoms with Crippen molar-refractivity contribution in [2.45, 2.75) is 37.8 Å². The Labute approximate surface area is 215 Å². The van der Waals surface area contributed by atoms with Gasteiger partial charge >= 0.3 is 5.97 Å². The molecule has 192 valence electrons. The average molecular weight is 504 g/mol. The highest BCUT2D eigenvalue weighted by molar-refractivity contribution is 5.89. The van der Waals surface area contributed by atoms with Crippen LogP contribution in [0.4, 0.5) is 0 Å². The van der Waals surface area contributed by atoms with Crippen LogP contribution in [0.5, 0.6) is 23.0 Å². The van der Waals surface area contributed by atoms with E-state index in [2.05, 4.69) is 5.32 Å². The molecule has 37 heavy (non-hydrogen) atoms. The second-order valence-corrected chi connectivity index (χ2v) is 9.58. The van der Waals surface area contributed by atoms with Gasteiger partial charge in [0.2, 0.25) is 12.7 Å². The number of fused-ring (bicyclic) bond motifs is 2. The highest BCUT2D eigenvalue weighted by Crippen LogP contribution is 2.43. The van der Waals surface area contributed by atoms with Crippen LogP contribution < -0.4 is 24.3 Å². The van der Waals surface area contributed by atoms with E-state index in [1.54, 1.807) is 19.2 Å². The zero-order valence-corrected chi connectivity index (χ0v) is 21.2. The highest BCUT2D eigenvalue weighted by atomic mass is 16.7. The molecule has 2 heterocycles. The van der Waals surface area contributed by atoms with Crippen LogP contribution in [0.25, 0.3) is 0 Å². The number of hydrogen-bond donors (Lipinski definition) is 1. The van der Waals surface area contributed by atoms with E-state index in [1.165, 1.54) is 7.11 Å². The number of nitrogens with one attached hydrogen (secondary N) is 1. The molecular formula is C29H29NO7. The third-order valence-corrected chi connectivity index (χ3v) is 6.99. The first-order chi connectivity index (χ1) is 17.8. The second kappa shape index (κ2) is 9.69. The summed E-state index contributed by atoms with van der Waals surface area (Å²) < 4.78 is 27.5. The van der Waals surface area contributed by atoms with Gasteiger partial charge in [0.15, 0.2) is 11.5 Å².